The fourth-order valence-corrected chi connectivity index (χ4v) is 3.05. The number of hydrogen-bond donors (Lipinski definition) is 1. The number of pyridine rings is 1. The SMILES string of the molecule is COc1c(C(=O)O)cnc2c3cc(Br)ccc3n(CC(F)(F)F)c12. The first-order valence-electron chi connectivity index (χ1n) is 6.67. The smallest absolute Gasteiger partial charge is 0.406 e. The zero-order valence-corrected chi connectivity index (χ0v) is 13.8. The molecule has 0 bridgehead atoms. The number of methoxy groups -OCH3 is 1. The Hall–Kier alpha value is -2.29. The van der Waals surface area contributed by atoms with E-state index in [1.807, 2.05) is 0 Å². The van der Waals surface area contributed by atoms with Crippen molar-refractivity contribution < 1.29 is 27.8 Å². The highest BCUT2D eigenvalue weighted by molar-refractivity contribution is 9.10. The van der Waals surface area contributed by atoms with Crippen molar-refractivity contribution in [2.24, 2.45) is 0 Å². The van der Waals surface area contributed by atoms with Gasteiger partial charge in [-0.2, -0.15) is 13.2 Å². The lowest BCUT2D eigenvalue weighted by Crippen LogP contribution is -2.18. The highest BCUT2D eigenvalue weighted by Gasteiger charge is 2.32. The van der Waals surface area contributed by atoms with E-state index in [1.165, 1.54) is 13.2 Å². The Balaban J connectivity index is 2.50. The summed E-state index contributed by atoms with van der Waals surface area (Å²) in [6.45, 7) is -1.28. The van der Waals surface area contributed by atoms with E-state index >= 15 is 0 Å². The predicted octanol–water partition coefficient (Wildman–Crippen LogP) is 4.22. The van der Waals surface area contributed by atoms with Gasteiger partial charge in [0.2, 0.25) is 0 Å². The molecule has 0 aliphatic heterocycles. The van der Waals surface area contributed by atoms with Crippen LogP contribution < -0.4 is 4.74 Å². The maximum Gasteiger partial charge on any atom is 0.406 e. The van der Waals surface area contributed by atoms with Crippen molar-refractivity contribution in [2.75, 3.05) is 7.11 Å². The summed E-state index contributed by atoms with van der Waals surface area (Å²) < 4.78 is 45.9. The molecular formula is C15H10BrF3N2O3. The van der Waals surface area contributed by atoms with Crippen LogP contribution in [-0.2, 0) is 6.54 Å². The molecule has 9 heteroatoms. The first kappa shape index (κ1) is 16.6. The minimum atomic E-state index is -4.49. The molecule has 3 aromatic rings. The summed E-state index contributed by atoms with van der Waals surface area (Å²) in [6.07, 6.45) is -3.40. The number of alkyl halides is 3. The highest BCUT2D eigenvalue weighted by atomic mass is 79.9. The molecule has 2 heterocycles. The van der Waals surface area contributed by atoms with Gasteiger partial charge in [-0.05, 0) is 18.2 Å². The summed E-state index contributed by atoms with van der Waals surface area (Å²) in [5, 5.41) is 9.71. The van der Waals surface area contributed by atoms with Gasteiger partial charge in [0.05, 0.1) is 18.1 Å². The number of carbonyl (C=O) groups is 1. The zero-order valence-electron chi connectivity index (χ0n) is 12.2. The third-order valence-corrected chi connectivity index (χ3v) is 4.05. The van der Waals surface area contributed by atoms with Crippen LogP contribution in [0.25, 0.3) is 21.9 Å². The monoisotopic (exact) mass is 402 g/mol. The Morgan fingerprint density at radius 2 is 2.12 bits per heavy atom. The van der Waals surface area contributed by atoms with Gasteiger partial charge < -0.3 is 14.4 Å². The lowest BCUT2D eigenvalue weighted by atomic mass is 10.2. The molecule has 24 heavy (non-hydrogen) atoms. The van der Waals surface area contributed by atoms with Crippen molar-refractivity contribution in [3.63, 3.8) is 0 Å². The van der Waals surface area contributed by atoms with Gasteiger partial charge in [-0.1, -0.05) is 15.9 Å². The van der Waals surface area contributed by atoms with Crippen LogP contribution in [0.15, 0.2) is 28.9 Å². The van der Waals surface area contributed by atoms with E-state index in [1.54, 1.807) is 12.1 Å². The van der Waals surface area contributed by atoms with E-state index in [9.17, 15) is 23.1 Å². The van der Waals surface area contributed by atoms with Crippen LogP contribution in [0.5, 0.6) is 5.75 Å². The van der Waals surface area contributed by atoms with E-state index < -0.39 is 18.7 Å². The fraction of sp³-hybridized carbons (Fsp3) is 0.200. The van der Waals surface area contributed by atoms with E-state index in [-0.39, 0.29) is 22.3 Å². The molecule has 0 aliphatic carbocycles. The van der Waals surface area contributed by atoms with Crippen molar-refractivity contribution in [2.45, 2.75) is 12.7 Å². The van der Waals surface area contributed by atoms with Crippen molar-refractivity contribution in [1.82, 2.24) is 9.55 Å². The number of carboxylic acid groups (broad SMARTS) is 1. The number of benzene rings is 1. The summed E-state index contributed by atoms with van der Waals surface area (Å²) in [4.78, 5) is 15.4. The van der Waals surface area contributed by atoms with E-state index in [0.29, 0.717) is 15.4 Å². The van der Waals surface area contributed by atoms with Gasteiger partial charge in [0.25, 0.3) is 0 Å². The van der Waals surface area contributed by atoms with Crippen molar-refractivity contribution in [1.29, 1.82) is 0 Å². The number of ether oxygens (including phenoxy) is 1. The molecule has 1 aromatic carbocycles. The van der Waals surface area contributed by atoms with Gasteiger partial charge in [-0.25, -0.2) is 4.79 Å². The topological polar surface area (TPSA) is 64.3 Å². The van der Waals surface area contributed by atoms with Gasteiger partial charge in [0.1, 0.15) is 17.6 Å². The largest absolute Gasteiger partial charge is 0.494 e. The van der Waals surface area contributed by atoms with Gasteiger partial charge in [0.15, 0.2) is 5.75 Å². The molecular weight excluding hydrogens is 393 g/mol. The number of aromatic carboxylic acids is 1. The molecule has 0 amide bonds. The van der Waals surface area contributed by atoms with E-state index in [4.69, 9.17) is 4.74 Å². The van der Waals surface area contributed by atoms with Crippen molar-refractivity contribution in [3.05, 3.63) is 34.4 Å². The molecule has 3 rings (SSSR count). The number of aromatic nitrogens is 2. The standard InChI is InChI=1S/C15H10BrF3N2O3/c1-24-13-9(14(22)23)5-20-11-8-4-7(16)2-3-10(8)21(12(11)13)6-15(17,18)19/h2-5H,6H2,1H3,(H,22,23). The maximum atomic E-state index is 13.0. The van der Waals surface area contributed by atoms with Crippen LogP contribution in [0.1, 0.15) is 10.4 Å². The molecule has 0 atom stereocenters. The number of carboxylic acids is 1. The van der Waals surface area contributed by atoms with Crippen LogP contribution >= 0.6 is 15.9 Å². The van der Waals surface area contributed by atoms with Gasteiger partial charge in [-0.3, -0.25) is 4.98 Å². The third kappa shape index (κ3) is 2.68. The Kier molecular flexibility index (Phi) is 3.90. The summed E-state index contributed by atoms with van der Waals surface area (Å²) in [7, 11) is 1.22. The number of halogens is 4. The minimum absolute atomic E-state index is 0.00262. The van der Waals surface area contributed by atoms with E-state index in [2.05, 4.69) is 20.9 Å². The summed E-state index contributed by atoms with van der Waals surface area (Å²) in [5.41, 5.74) is 0.245. The second-order valence-corrected chi connectivity index (χ2v) is 5.99. The molecule has 0 radical (unpaired) electrons. The average molecular weight is 403 g/mol. The lowest BCUT2D eigenvalue weighted by Gasteiger charge is -2.13. The quantitative estimate of drug-likeness (QED) is 0.712. The van der Waals surface area contributed by atoms with Crippen molar-refractivity contribution >= 4 is 43.8 Å². The fourth-order valence-electron chi connectivity index (χ4n) is 2.69. The van der Waals surface area contributed by atoms with Gasteiger partial charge >= 0.3 is 12.1 Å². The van der Waals surface area contributed by atoms with Gasteiger partial charge in [-0.15, -0.1) is 0 Å². The van der Waals surface area contributed by atoms with Crippen LogP contribution in [0.4, 0.5) is 13.2 Å². The number of nitrogens with zero attached hydrogens (tertiary/aromatic N) is 2. The molecule has 0 fully saturated rings. The Morgan fingerprint density at radius 3 is 2.71 bits per heavy atom. The third-order valence-electron chi connectivity index (χ3n) is 3.55. The second kappa shape index (κ2) is 5.66. The van der Waals surface area contributed by atoms with Crippen LogP contribution in [-0.4, -0.2) is 33.9 Å². The summed E-state index contributed by atoms with van der Waals surface area (Å²) >= 11 is 3.28. The normalized spacial score (nSPS) is 12.0. The first-order valence-corrected chi connectivity index (χ1v) is 7.46. The molecule has 2 aromatic heterocycles. The van der Waals surface area contributed by atoms with Crippen LogP contribution in [0.3, 0.4) is 0 Å². The van der Waals surface area contributed by atoms with Crippen LogP contribution in [0.2, 0.25) is 0 Å². The van der Waals surface area contributed by atoms with Crippen molar-refractivity contribution in [3.8, 4) is 5.75 Å². The minimum Gasteiger partial charge on any atom is -0.494 e. The Labute approximate surface area is 141 Å². The number of rotatable bonds is 3. The molecule has 0 saturated carbocycles. The molecule has 0 unspecified atom stereocenters. The lowest BCUT2D eigenvalue weighted by molar-refractivity contribution is -0.139. The average Bonchev–Trinajstić information content (AvgIpc) is 2.78. The van der Waals surface area contributed by atoms with Gasteiger partial charge in [0, 0.05) is 16.1 Å². The Morgan fingerprint density at radius 1 is 1.42 bits per heavy atom. The Bertz CT molecular complexity index is 966. The molecule has 5 nitrogen and oxygen atoms in total. The second-order valence-electron chi connectivity index (χ2n) is 5.07. The molecule has 0 spiro atoms. The predicted molar refractivity (Wildman–Crippen MR) is 84.5 cm³/mol. The first-order chi connectivity index (χ1) is 11.2. The molecule has 1 N–H and O–H groups in total. The molecule has 0 aliphatic rings. The van der Waals surface area contributed by atoms with Crippen LogP contribution in [0, 0.1) is 0 Å². The molecule has 126 valence electrons. The highest BCUT2D eigenvalue weighted by Crippen LogP contribution is 2.38. The maximum absolute atomic E-state index is 13.0. The number of fused-ring (bicyclic) bond motifs is 3. The molecule has 0 saturated heterocycles. The number of hydrogen-bond acceptors (Lipinski definition) is 3. The summed E-state index contributed by atoms with van der Waals surface area (Å²) in [5.74, 6) is -1.48. The zero-order chi connectivity index (χ0) is 17.6. The summed E-state index contributed by atoms with van der Waals surface area (Å²) in [6, 6.07) is 4.77. The van der Waals surface area contributed by atoms with E-state index in [0.717, 1.165) is 10.8 Å².